The van der Waals surface area contributed by atoms with Crippen LogP contribution in [0.15, 0.2) is 84.0 Å². The maximum Gasteiger partial charge on any atom is 0.495 e. The molecule has 3 unspecified atom stereocenters. The van der Waals surface area contributed by atoms with Gasteiger partial charge in [-0.25, -0.2) is 0 Å². The average Bonchev–Trinajstić information content (AvgIpc) is 3.27. The third-order valence-corrected chi connectivity index (χ3v) is 8.75. The van der Waals surface area contributed by atoms with Crippen LogP contribution in [0.3, 0.4) is 0 Å². The highest BCUT2D eigenvalue weighted by Gasteiger charge is 2.57. The number of aliphatic imine (C=N–C) groups is 1. The molecule has 0 radical (unpaired) electrons. The van der Waals surface area contributed by atoms with E-state index >= 15 is 0 Å². The summed E-state index contributed by atoms with van der Waals surface area (Å²) in [6, 6.07) is 17.8. The van der Waals surface area contributed by atoms with Crippen LogP contribution in [0, 0.1) is 11.8 Å². The molecule has 0 saturated carbocycles. The summed E-state index contributed by atoms with van der Waals surface area (Å²) in [5.41, 5.74) is 5.70. The Labute approximate surface area is 203 Å². The molecule has 0 bridgehead atoms. The highest BCUT2D eigenvalue weighted by atomic mass is 16.7. The molecule has 2 aromatic rings. The summed E-state index contributed by atoms with van der Waals surface area (Å²) in [6.45, 7) is 8.51. The number of allylic oxidation sites excluding steroid dienone is 5. The van der Waals surface area contributed by atoms with Gasteiger partial charge in [0, 0.05) is 23.7 Å². The zero-order valence-electron chi connectivity index (χ0n) is 20.5. The Morgan fingerprint density at radius 1 is 0.912 bits per heavy atom. The summed E-state index contributed by atoms with van der Waals surface area (Å²) < 4.78 is 13.1. The minimum absolute atomic E-state index is 0.171. The Kier molecular flexibility index (Phi) is 4.92. The standard InChI is InChI=1S/C30H32BNO2/c1-28(2)29(3,4)34-31(33-28)26-16-10-15-25-27(26)23-13-8-9-14-24(23)30(25,21-11-6-5-7-12-21)22-17-19-32-20-18-22/h5-13,15-17,19-20,22,24H,14,18H2,1-4H3. The van der Waals surface area contributed by atoms with Crippen molar-refractivity contribution < 1.29 is 9.31 Å². The first-order valence-electron chi connectivity index (χ1n) is 12.5. The topological polar surface area (TPSA) is 30.8 Å². The van der Waals surface area contributed by atoms with Gasteiger partial charge >= 0.3 is 7.12 Å². The molecular weight excluding hydrogens is 417 g/mol. The van der Waals surface area contributed by atoms with Gasteiger partial charge in [0.25, 0.3) is 0 Å². The quantitative estimate of drug-likeness (QED) is 0.551. The highest BCUT2D eigenvalue weighted by Crippen LogP contribution is 2.60. The lowest BCUT2D eigenvalue weighted by molar-refractivity contribution is 0.00578. The fourth-order valence-corrected chi connectivity index (χ4v) is 6.46. The first-order chi connectivity index (χ1) is 16.4. The van der Waals surface area contributed by atoms with E-state index in [-0.39, 0.29) is 23.7 Å². The van der Waals surface area contributed by atoms with Crippen molar-refractivity contribution in [2.45, 2.75) is 57.2 Å². The maximum absolute atomic E-state index is 6.57. The number of fused-ring (bicyclic) bond motifs is 3. The fraction of sp³-hybridized carbons (Fsp3) is 0.367. The van der Waals surface area contributed by atoms with Gasteiger partial charge < -0.3 is 9.31 Å². The Morgan fingerprint density at radius 2 is 1.68 bits per heavy atom. The van der Waals surface area contributed by atoms with Crippen molar-refractivity contribution in [1.82, 2.24) is 0 Å². The van der Waals surface area contributed by atoms with E-state index in [0.717, 1.165) is 18.3 Å². The van der Waals surface area contributed by atoms with E-state index < -0.39 is 0 Å². The molecule has 2 aliphatic carbocycles. The number of rotatable bonds is 3. The molecular formula is C30H32BNO2. The van der Waals surface area contributed by atoms with Crippen LogP contribution >= 0.6 is 0 Å². The largest absolute Gasteiger partial charge is 0.495 e. The van der Waals surface area contributed by atoms with Crippen molar-refractivity contribution in [3.8, 4) is 0 Å². The van der Waals surface area contributed by atoms with Gasteiger partial charge in [-0.3, -0.25) is 4.99 Å². The third-order valence-electron chi connectivity index (χ3n) is 8.75. The van der Waals surface area contributed by atoms with Crippen molar-refractivity contribution in [1.29, 1.82) is 0 Å². The van der Waals surface area contributed by atoms with Crippen LogP contribution in [0.2, 0.25) is 0 Å². The summed E-state index contributed by atoms with van der Waals surface area (Å²) in [4.78, 5) is 4.42. The van der Waals surface area contributed by atoms with E-state index in [2.05, 4.69) is 112 Å². The van der Waals surface area contributed by atoms with Gasteiger partial charge in [0.05, 0.1) is 11.2 Å². The summed E-state index contributed by atoms with van der Waals surface area (Å²) in [7, 11) is -0.387. The molecule has 4 heteroatoms. The van der Waals surface area contributed by atoms with Crippen molar-refractivity contribution in [3.05, 3.63) is 95.7 Å². The number of hydrogen-bond acceptors (Lipinski definition) is 3. The van der Waals surface area contributed by atoms with Gasteiger partial charge in [0.15, 0.2) is 0 Å². The molecule has 2 heterocycles. The SMILES string of the molecule is CC1(C)OB(c2cccc3c2C2=CC=CCC2C3(c2ccccc2)C2C=CN=CC2)OC1(C)C. The second-order valence-electron chi connectivity index (χ2n) is 10.9. The number of hydrogen-bond donors (Lipinski definition) is 0. The Bertz CT molecular complexity index is 1220. The summed E-state index contributed by atoms with van der Waals surface area (Å²) in [5.74, 6) is 0.668. The molecule has 2 aromatic carbocycles. The normalized spacial score (nSPS) is 30.2. The summed E-state index contributed by atoms with van der Waals surface area (Å²) in [5, 5.41) is 0. The molecule has 0 amide bonds. The van der Waals surface area contributed by atoms with Gasteiger partial charge in [-0.05, 0) is 74.2 Å². The monoisotopic (exact) mass is 449 g/mol. The van der Waals surface area contributed by atoms with Crippen LogP contribution in [-0.2, 0) is 14.7 Å². The molecule has 0 spiro atoms. The molecule has 2 aliphatic heterocycles. The van der Waals surface area contributed by atoms with Gasteiger partial charge in [0.2, 0.25) is 0 Å². The minimum atomic E-state index is -0.387. The molecule has 3 nitrogen and oxygen atoms in total. The van der Waals surface area contributed by atoms with Crippen LogP contribution in [0.25, 0.3) is 5.57 Å². The zero-order valence-corrected chi connectivity index (χ0v) is 20.5. The fourth-order valence-electron chi connectivity index (χ4n) is 6.46. The Morgan fingerprint density at radius 3 is 2.38 bits per heavy atom. The van der Waals surface area contributed by atoms with E-state index in [0.29, 0.717) is 11.8 Å². The summed E-state index contributed by atoms with van der Waals surface area (Å²) >= 11 is 0. The molecule has 6 rings (SSSR count). The number of nitrogens with zero attached hydrogens (tertiary/aromatic N) is 1. The summed E-state index contributed by atoms with van der Waals surface area (Å²) in [6.07, 6.45) is 15.2. The molecule has 172 valence electrons. The predicted octanol–water partition coefficient (Wildman–Crippen LogP) is 5.85. The van der Waals surface area contributed by atoms with E-state index in [1.54, 1.807) is 0 Å². The minimum Gasteiger partial charge on any atom is -0.399 e. The lowest BCUT2D eigenvalue weighted by atomic mass is 9.59. The van der Waals surface area contributed by atoms with Gasteiger partial charge in [-0.2, -0.15) is 0 Å². The second kappa shape index (κ2) is 7.66. The highest BCUT2D eigenvalue weighted by molar-refractivity contribution is 6.63. The van der Waals surface area contributed by atoms with E-state index in [4.69, 9.17) is 9.31 Å². The van der Waals surface area contributed by atoms with Crippen LogP contribution in [-0.4, -0.2) is 24.5 Å². The smallest absolute Gasteiger partial charge is 0.399 e. The predicted molar refractivity (Wildman–Crippen MR) is 140 cm³/mol. The van der Waals surface area contributed by atoms with Crippen molar-refractivity contribution in [3.63, 3.8) is 0 Å². The molecule has 1 saturated heterocycles. The Hall–Kier alpha value is -2.69. The lowest BCUT2D eigenvalue weighted by Crippen LogP contribution is -2.41. The Balaban J connectivity index is 1.61. The van der Waals surface area contributed by atoms with Gasteiger partial charge in [-0.1, -0.05) is 72.8 Å². The van der Waals surface area contributed by atoms with E-state index in [9.17, 15) is 0 Å². The number of benzene rings is 2. The zero-order chi connectivity index (χ0) is 23.6. The van der Waals surface area contributed by atoms with E-state index in [1.807, 2.05) is 6.20 Å². The van der Waals surface area contributed by atoms with Crippen LogP contribution in [0.5, 0.6) is 0 Å². The molecule has 4 aliphatic rings. The second-order valence-corrected chi connectivity index (χ2v) is 10.9. The first kappa shape index (κ1) is 21.8. The van der Waals surface area contributed by atoms with Crippen molar-refractivity contribution in [2.75, 3.05) is 0 Å². The van der Waals surface area contributed by atoms with Gasteiger partial charge in [0.1, 0.15) is 0 Å². The average molecular weight is 449 g/mol. The molecule has 0 N–H and O–H groups in total. The van der Waals surface area contributed by atoms with Crippen LogP contribution in [0.4, 0.5) is 0 Å². The first-order valence-corrected chi connectivity index (χ1v) is 12.5. The maximum atomic E-state index is 6.57. The molecule has 34 heavy (non-hydrogen) atoms. The van der Waals surface area contributed by atoms with Crippen molar-refractivity contribution >= 4 is 24.4 Å². The van der Waals surface area contributed by atoms with Crippen LogP contribution in [0.1, 0.15) is 57.2 Å². The molecule has 1 fully saturated rings. The van der Waals surface area contributed by atoms with Crippen LogP contribution < -0.4 is 5.46 Å². The molecule has 0 aromatic heterocycles. The lowest BCUT2D eigenvalue weighted by Gasteiger charge is -2.43. The van der Waals surface area contributed by atoms with Gasteiger partial charge in [-0.15, -0.1) is 0 Å². The molecule has 3 atom stereocenters. The van der Waals surface area contributed by atoms with Crippen molar-refractivity contribution in [2.24, 2.45) is 16.8 Å². The third kappa shape index (κ3) is 2.95. The van der Waals surface area contributed by atoms with E-state index in [1.165, 1.54) is 22.3 Å².